The number of imidazole rings is 2. The first kappa shape index (κ1) is 10.8. The molecule has 4 heteroatoms. The molecular weight excluding hydrogens is 224 g/mol. The van der Waals surface area contributed by atoms with Gasteiger partial charge in [0, 0.05) is 0 Å². The van der Waals surface area contributed by atoms with Crippen molar-refractivity contribution in [2.75, 3.05) is 0 Å². The molecule has 0 bridgehead atoms. The first-order valence-corrected chi connectivity index (χ1v) is 5.89. The SMILES string of the molecule is C=CCn1cc[n+](Cc2nc3ccccc3[n-]2)c1. The van der Waals surface area contributed by atoms with Gasteiger partial charge in [0.25, 0.3) is 0 Å². The molecule has 0 spiro atoms. The van der Waals surface area contributed by atoms with E-state index in [-0.39, 0.29) is 0 Å². The van der Waals surface area contributed by atoms with Crippen molar-refractivity contribution >= 4 is 11.0 Å². The zero-order chi connectivity index (χ0) is 12.4. The van der Waals surface area contributed by atoms with E-state index >= 15 is 0 Å². The normalized spacial score (nSPS) is 10.9. The number of hydrogen-bond acceptors (Lipinski definition) is 1. The van der Waals surface area contributed by atoms with Crippen LogP contribution >= 0.6 is 0 Å². The number of fused-ring (bicyclic) bond motifs is 1. The summed E-state index contributed by atoms with van der Waals surface area (Å²) in [5.74, 6) is 0.845. The molecule has 0 radical (unpaired) electrons. The number of aromatic nitrogens is 4. The monoisotopic (exact) mass is 238 g/mol. The second-order valence-electron chi connectivity index (χ2n) is 4.20. The second-order valence-corrected chi connectivity index (χ2v) is 4.20. The Morgan fingerprint density at radius 3 is 3.11 bits per heavy atom. The van der Waals surface area contributed by atoms with Gasteiger partial charge in [0.2, 0.25) is 6.33 Å². The largest absolute Gasteiger partial charge is 0.436 e. The van der Waals surface area contributed by atoms with Crippen molar-refractivity contribution < 1.29 is 4.57 Å². The fourth-order valence-corrected chi connectivity index (χ4v) is 1.98. The highest BCUT2D eigenvalue weighted by atomic mass is 15.1. The number of para-hydroxylation sites is 2. The number of rotatable bonds is 4. The van der Waals surface area contributed by atoms with E-state index in [1.54, 1.807) is 0 Å². The minimum atomic E-state index is 0.693. The molecule has 4 nitrogen and oxygen atoms in total. The van der Waals surface area contributed by atoms with E-state index in [1.165, 1.54) is 0 Å². The molecule has 0 aliphatic rings. The first-order chi connectivity index (χ1) is 8.85. The summed E-state index contributed by atoms with van der Waals surface area (Å²) in [5.41, 5.74) is 1.91. The molecular formula is C14H14N4. The van der Waals surface area contributed by atoms with Gasteiger partial charge in [0.15, 0.2) is 0 Å². The zero-order valence-electron chi connectivity index (χ0n) is 10.0. The Morgan fingerprint density at radius 2 is 2.28 bits per heavy atom. The molecule has 0 amide bonds. The second kappa shape index (κ2) is 4.49. The van der Waals surface area contributed by atoms with E-state index in [2.05, 4.69) is 25.7 Å². The summed E-state index contributed by atoms with van der Waals surface area (Å²) in [5, 5.41) is 0. The molecule has 0 saturated carbocycles. The fourth-order valence-electron chi connectivity index (χ4n) is 1.98. The summed E-state index contributed by atoms with van der Waals surface area (Å²) in [6, 6.07) is 7.93. The van der Waals surface area contributed by atoms with Crippen LogP contribution in [0.1, 0.15) is 5.82 Å². The van der Waals surface area contributed by atoms with Crippen LogP contribution in [-0.4, -0.2) is 9.55 Å². The molecule has 0 unspecified atom stereocenters. The maximum atomic E-state index is 4.50. The van der Waals surface area contributed by atoms with Crippen molar-refractivity contribution in [3.8, 4) is 0 Å². The summed E-state index contributed by atoms with van der Waals surface area (Å²) < 4.78 is 4.13. The van der Waals surface area contributed by atoms with Crippen molar-refractivity contribution in [2.45, 2.75) is 13.1 Å². The highest BCUT2D eigenvalue weighted by Crippen LogP contribution is 2.08. The average molecular weight is 238 g/mol. The number of nitrogens with zero attached hydrogens (tertiary/aromatic N) is 4. The van der Waals surface area contributed by atoms with Gasteiger partial charge in [-0.05, 0) is 16.9 Å². The van der Waals surface area contributed by atoms with Crippen LogP contribution in [0.4, 0.5) is 0 Å². The van der Waals surface area contributed by atoms with E-state index in [9.17, 15) is 0 Å². The lowest BCUT2D eigenvalue weighted by molar-refractivity contribution is -0.688. The number of hydrogen-bond donors (Lipinski definition) is 0. The van der Waals surface area contributed by atoms with Crippen LogP contribution in [0.5, 0.6) is 0 Å². The molecule has 1 aromatic carbocycles. The molecule has 3 rings (SSSR count). The predicted octanol–water partition coefficient (Wildman–Crippen LogP) is 1.52. The molecule has 0 atom stereocenters. The highest BCUT2D eigenvalue weighted by Gasteiger charge is 2.01. The summed E-state index contributed by atoms with van der Waals surface area (Å²) >= 11 is 0. The van der Waals surface area contributed by atoms with Crippen molar-refractivity contribution in [1.82, 2.24) is 14.5 Å². The zero-order valence-corrected chi connectivity index (χ0v) is 10.0. The van der Waals surface area contributed by atoms with Gasteiger partial charge < -0.3 is 9.97 Å². The summed E-state index contributed by atoms with van der Waals surface area (Å²) in [4.78, 5) is 9.00. The molecule has 0 aliphatic carbocycles. The maximum Gasteiger partial charge on any atom is 0.244 e. The lowest BCUT2D eigenvalue weighted by Crippen LogP contribution is -2.32. The van der Waals surface area contributed by atoms with Crippen LogP contribution in [0.15, 0.2) is 55.6 Å². The minimum absolute atomic E-state index is 0.693. The van der Waals surface area contributed by atoms with Crippen molar-refractivity contribution in [3.05, 3.63) is 61.5 Å². The fraction of sp³-hybridized carbons (Fsp3) is 0.143. The van der Waals surface area contributed by atoms with Crippen LogP contribution in [0.2, 0.25) is 0 Å². The van der Waals surface area contributed by atoms with E-state index in [4.69, 9.17) is 0 Å². The Bertz CT molecular complexity index is 645. The molecule has 3 aromatic rings. The molecule has 90 valence electrons. The van der Waals surface area contributed by atoms with E-state index < -0.39 is 0 Å². The topological polar surface area (TPSA) is 35.8 Å². The van der Waals surface area contributed by atoms with E-state index in [0.717, 1.165) is 23.4 Å². The number of allylic oxidation sites excluding steroid dienone is 1. The quantitative estimate of drug-likeness (QED) is 0.510. The molecule has 0 fully saturated rings. The first-order valence-electron chi connectivity index (χ1n) is 5.89. The minimum Gasteiger partial charge on any atom is -0.436 e. The Balaban J connectivity index is 1.84. The van der Waals surface area contributed by atoms with Gasteiger partial charge in [-0.2, -0.15) is 0 Å². The van der Waals surface area contributed by atoms with E-state index in [1.807, 2.05) is 49.1 Å². The van der Waals surface area contributed by atoms with Crippen LogP contribution < -0.4 is 9.55 Å². The Morgan fingerprint density at radius 1 is 1.39 bits per heavy atom. The van der Waals surface area contributed by atoms with E-state index in [0.29, 0.717) is 6.54 Å². The summed E-state index contributed by atoms with van der Waals surface area (Å²) in [6.45, 7) is 5.23. The molecule has 0 aliphatic heterocycles. The Labute approximate surface area is 105 Å². The highest BCUT2D eigenvalue weighted by molar-refractivity contribution is 5.74. The van der Waals surface area contributed by atoms with Gasteiger partial charge >= 0.3 is 0 Å². The maximum absolute atomic E-state index is 4.50. The lowest BCUT2D eigenvalue weighted by atomic mass is 10.3. The Kier molecular flexibility index (Phi) is 2.68. The third kappa shape index (κ3) is 2.05. The number of benzene rings is 1. The summed E-state index contributed by atoms with van der Waals surface area (Å²) in [6.07, 6.45) is 7.94. The molecule has 18 heavy (non-hydrogen) atoms. The van der Waals surface area contributed by atoms with Gasteiger partial charge in [0.05, 0.1) is 0 Å². The lowest BCUT2D eigenvalue weighted by Gasteiger charge is -1.98. The van der Waals surface area contributed by atoms with Crippen LogP contribution in [0.25, 0.3) is 11.0 Å². The molecule has 0 N–H and O–H groups in total. The molecule has 2 heterocycles. The molecule has 0 saturated heterocycles. The van der Waals surface area contributed by atoms with Crippen molar-refractivity contribution in [2.24, 2.45) is 0 Å². The van der Waals surface area contributed by atoms with Crippen molar-refractivity contribution in [3.63, 3.8) is 0 Å². The summed E-state index contributed by atoms with van der Waals surface area (Å²) in [7, 11) is 0. The van der Waals surface area contributed by atoms with Crippen LogP contribution in [-0.2, 0) is 13.1 Å². The van der Waals surface area contributed by atoms with Gasteiger partial charge in [-0.15, -0.1) is 0 Å². The van der Waals surface area contributed by atoms with Gasteiger partial charge in [-0.25, -0.2) is 9.13 Å². The standard InChI is InChI=1S/C14H14N4/c1-2-7-17-8-9-18(11-17)10-14-15-12-5-3-4-6-13(12)16-14/h2-6,8-9,11H,1,7,10H2. The average Bonchev–Trinajstić information content (AvgIpc) is 2.96. The van der Waals surface area contributed by atoms with Gasteiger partial charge in [-0.3, -0.25) is 0 Å². The third-order valence-corrected chi connectivity index (χ3v) is 2.79. The third-order valence-electron chi connectivity index (χ3n) is 2.79. The molecule has 2 aromatic heterocycles. The van der Waals surface area contributed by atoms with Crippen molar-refractivity contribution in [1.29, 1.82) is 0 Å². The van der Waals surface area contributed by atoms with Gasteiger partial charge in [-0.1, -0.05) is 36.9 Å². The van der Waals surface area contributed by atoms with Crippen LogP contribution in [0.3, 0.4) is 0 Å². The van der Waals surface area contributed by atoms with Crippen LogP contribution in [0, 0.1) is 0 Å². The predicted molar refractivity (Wildman–Crippen MR) is 69.0 cm³/mol. The van der Waals surface area contributed by atoms with Gasteiger partial charge in [0.1, 0.15) is 25.5 Å². The Hall–Kier alpha value is -2.36. The smallest absolute Gasteiger partial charge is 0.244 e.